The fourth-order valence-corrected chi connectivity index (χ4v) is 4.42. The number of aliphatic carboxylic acids is 1. The highest BCUT2D eigenvalue weighted by Crippen LogP contribution is 2.52. The third-order valence-corrected chi connectivity index (χ3v) is 5.71. The Labute approximate surface area is 139 Å². The summed E-state index contributed by atoms with van der Waals surface area (Å²) in [5.41, 5.74) is -0.545. The summed E-state index contributed by atoms with van der Waals surface area (Å²) < 4.78 is 26.6. The van der Waals surface area contributed by atoms with Gasteiger partial charge < -0.3 is 10.0 Å². The van der Waals surface area contributed by atoms with Gasteiger partial charge in [-0.15, -0.1) is 0 Å². The van der Waals surface area contributed by atoms with Crippen LogP contribution >= 0.6 is 0 Å². The maximum atomic E-state index is 13.7. The molecule has 4 nitrogen and oxygen atoms in total. The molecule has 2 heterocycles. The minimum Gasteiger partial charge on any atom is -0.481 e. The molecule has 0 saturated carbocycles. The molecule has 2 fully saturated rings. The van der Waals surface area contributed by atoms with Gasteiger partial charge in [0.2, 0.25) is 5.91 Å². The Morgan fingerprint density at radius 3 is 2.67 bits per heavy atom. The van der Waals surface area contributed by atoms with Gasteiger partial charge in [-0.2, -0.15) is 0 Å². The van der Waals surface area contributed by atoms with E-state index in [2.05, 4.69) is 0 Å². The van der Waals surface area contributed by atoms with Crippen LogP contribution in [-0.2, 0) is 16.0 Å². The molecule has 0 radical (unpaired) electrons. The lowest BCUT2D eigenvalue weighted by Crippen LogP contribution is -2.44. The molecule has 1 aromatic carbocycles. The SMILES string of the molecule is CC[C@@]1(C(=O)O)C[C@@H]2CC[C@H]1N2C(=O)CCc1ccc(F)cc1F. The quantitative estimate of drug-likeness (QED) is 0.898. The number of hydrogen-bond acceptors (Lipinski definition) is 2. The maximum absolute atomic E-state index is 13.7. The van der Waals surface area contributed by atoms with Crippen LogP contribution in [0.4, 0.5) is 8.78 Å². The Morgan fingerprint density at radius 2 is 2.08 bits per heavy atom. The lowest BCUT2D eigenvalue weighted by Gasteiger charge is -2.32. The number of nitrogens with zero attached hydrogens (tertiary/aromatic N) is 1. The molecule has 6 heteroatoms. The van der Waals surface area contributed by atoms with Crippen molar-refractivity contribution in [3.05, 3.63) is 35.4 Å². The smallest absolute Gasteiger partial charge is 0.311 e. The van der Waals surface area contributed by atoms with E-state index in [1.807, 2.05) is 6.92 Å². The number of benzene rings is 1. The van der Waals surface area contributed by atoms with Crippen LogP contribution in [0.15, 0.2) is 18.2 Å². The Hall–Kier alpha value is -1.98. The standard InChI is InChI=1S/C18H21F2NO3/c1-2-18(17(23)24)10-13-6-7-15(18)21(13)16(22)8-4-11-3-5-12(19)9-14(11)20/h3,5,9,13,15H,2,4,6-8,10H2,1H3,(H,23,24)/t13-,15+,18+/m0/s1. The molecule has 3 atom stereocenters. The van der Waals surface area contributed by atoms with Gasteiger partial charge in [0.15, 0.2) is 0 Å². The van der Waals surface area contributed by atoms with Crippen molar-refractivity contribution < 1.29 is 23.5 Å². The first-order chi connectivity index (χ1) is 11.4. The Kier molecular flexibility index (Phi) is 4.32. The number of amides is 1. The molecule has 0 spiro atoms. The number of carbonyl (C=O) groups excluding carboxylic acids is 1. The third kappa shape index (κ3) is 2.58. The Balaban J connectivity index is 1.71. The molecule has 1 amide bonds. The maximum Gasteiger partial charge on any atom is 0.311 e. The van der Waals surface area contributed by atoms with Crippen molar-refractivity contribution in [2.24, 2.45) is 5.41 Å². The highest BCUT2D eigenvalue weighted by atomic mass is 19.1. The van der Waals surface area contributed by atoms with Gasteiger partial charge in [0, 0.05) is 24.6 Å². The first-order valence-corrected chi connectivity index (χ1v) is 8.37. The summed E-state index contributed by atoms with van der Waals surface area (Å²) in [6.07, 6.45) is 2.83. The summed E-state index contributed by atoms with van der Waals surface area (Å²) >= 11 is 0. The van der Waals surface area contributed by atoms with Gasteiger partial charge in [-0.1, -0.05) is 13.0 Å². The van der Waals surface area contributed by atoms with Crippen LogP contribution in [-0.4, -0.2) is 34.0 Å². The summed E-state index contributed by atoms with van der Waals surface area (Å²) in [5.74, 6) is -2.27. The molecule has 1 aromatic rings. The van der Waals surface area contributed by atoms with E-state index in [0.29, 0.717) is 24.8 Å². The normalized spacial score (nSPS) is 28.4. The number of rotatable bonds is 5. The molecule has 0 unspecified atom stereocenters. The van der Waals surface area contributed by atoms with Crippen molar-refractivity contribution in [1.82, 2.24) is 4.90 Å². The second-order valence-corrected chi connectivity index (χ2v) is 6.80. The van der Waals surface area contributed by atoms with Crippen molar-refractivity contribution in [2.75, 3.05) is 0 Å². The second-order valence-electron chi connectivity index (χ2n) is 6.80. The fourth-order valence-electron chi connectivity index (χ4n) is 4.42. The van der Waals surface area contributed by atoms with Gasteiger partial charge in [0.25, 0.3) is 0 Å². The molecular formula is C18H21F2NO3. The Bertz CT molecular complexity index is 678. The summed E-state index contributed by atoms with van der Waals surface area (Å²) in [4.78, 5) is 26.1. The van der Waals surface area contributed by atoms with Crippen LogP contribution in [0.25, 0.3) is 0 Å². The fraction of sp³-hybridized carbons (Fsp3) is 0.556. The molecule has 3 rings (SSSR count). The van der Waals surface area contributed by atoms with Crippen molar-refractivity contribution >= 4 is 11.9 Å². The molecule has 0 aliphatic carbocycles. The predicted octanol–water partition coefficient (Wildman–Crippen LogP) is 3.14. The van der Waals surface area contributed by atoms with Crippen LogP contribution in [0, 0.1) is 17.0 Å². The third-order valence-electron chi connectivity index (χ3n) is 5.71. The van der Waals surface area contributed by atoms with E-state index in [1.54, 1.807) is 4.90 Å². The topological polar surface area (TPSA) is 57.6 Å². The van der Waals surface area contributed by atoms with E-state index in [-0.39, 0.29) is 30.8 Å². The molecule has 130 valence electrons. The van der Waals surface area contributed by atoms with E-state index in [9.17, 15) is 23.5 Å². The molecule has 2 aliphatic heterocycles. The number of aryl methyl sites for hydroxylation is 1. The molecule has 1 N–H and O–H groups in total. The summed E-state index contributed by atoms with van der Waals surface area (Å²) in [7, 11) is 0. The molecule has 0 aromatic heterocycles. The zero-order chi connectivity index (χ0) is 17.5. The first-order valence-electron chi connectivity index (χ1n) is 8.37. The Morgan fingerprint density at radius 1 is 1.33 bits per heavy atom. The van der Waals surface area contributed by atoms with Gasteiger partial charge in [-0.25, -0.2) is 8.78 Å². The lowest BCUT2D eigenvalue weighted by molar-refractivity contribution is -0.151. The zero-order valence-electron chi connectivity index (χ0n) is 13.6. The van der Waals surface area contributed by atoms with E-state index >= 15 is 0 Å². The van der Waals surface area contributed by atoms with Crippen molar-refractivity contribution in [1.29, 1.82) is 0 Å². The van der Waals surface area contributed by atoms with Crippen LogP contribution in [0.2, 0.25) is 0 Å². The number of carboxylic acid groups (broad SMARTS) is 1. The number of carboxylic acids is 1. The number of hydrogen-bond donors (Lipinski definition) is 1. The van der Waals surface area contributed by atoms with Gasteiger partial charge in [0.05, 0.1) is 5.41 Å². The van der Waals surface area contributed by atoms with Crippen LogP contribution in [0.5, 0.6) is 0 Å². The highest BCUT2D eigenvalue weighted by molar-refractivity contribution is 5.82. The molecule has 2 aliphatic rings. The van der Waals surface area contributed by atoms with Crippen LogP contribution in [0.1, 0.15) is 44.6 Å². The van der Waals surface area contributed by atoms with Gasteiger partial charge >= 0.3 is 5.97 Å². The molecule has 2 bridgehead atoms. The minimum absolute atomic E-state index is 0.0309. The van der Waals surface area contributed by atoms with Gasteiger partial charge in [-0.05, 0) is 43.7 Å². The number of fused-ring (bicyclic) bond motifs is 2. The zero-order valence-corrected chi connectivity index (χ0v) is 13.6. The molecular weight excluding hydrogens is 316 g/mol. The first kappa shape index (κ1) is 16.9. The van der Waals surface area contributed by atoms with Crippen LogP contribution < -0.4 is 0 Å². The van der Waals surface area contributed by atoms with Crippen LogP contribution in [0.3, 0.4) is 0 Å². The van der Waals surface area contributed by atoms with E-state index in [1.165, 1.54) is 12.1 Å². The average molecular weight is 337 g/mol. The minimum atomic E-state index is -0.848. The van der Waals surface area contributed by atoms with Gasteiger partial charge in [-0.3, -0.25) is 9.59 Å². The highest BCUT2D eigenvalue weighted by Gasteiger charge is 2.60. The predicted molar refractivity (Wildman–Crippen MR) is 83.3 cm³/mol. The molecule has 2 saturated heterocycles. The lowest BCUT2D eigenvalue weighted by atomic mass is 9.72. The van der Waals surface area contributed by atoms with E-state index in [0.717, 1.165) is 12.5 Å². The van der Waals surface area contributed by atoms with Crippen molar-refractivity contribution in [3.63, 3.8) is 0 Å². The van der Waals surface area contributed by atoms with E-state index in [4.69, 9.17) is 0 Å². The van der Waals surface area contributed by atoms with Crippen molar-refractivity contribution in [3.8, 4) is 0 Å². The molecule has 24 heavy (non-hydrogen) atoms. The van der Waals surface area contributed by atoms with Crippen molar-refractivity contribution in [2.45, 2.75) is 57.5 Å². The number of carbonyl (C=O) groups is 2. The monoisotopic (exact) mass is 337 g/mol. The average Bonchev–Trinajstić information content (AvgIpc) is 3.10. The van der Waals surface area contributed by atoms with E-state index < -0.39 is 23.0 Å². The largest absolute Gasteiger partial charge is 0.481 e. The second kappa shape index (κ2) is 6.15. The van der Waals surface area contributed by atoms with Gasteiger partial charge in [0.1, 0.15) is 11.6 Å². The summed E-state index contributed by atoms with van der Waals surface area (Å²) in [6.45, 7) is 1.85. The summed E-state index contributed by atoms with van der Waals surface area (Å²) in [6, 6.07) is 3.04. The summed E-state index contributed by atoms with van der Waals surface area (Å²) in [5, 5.41) is 9.63. The number of halogens is 2.